The number of para-hydroxylation sites is 1. The van der Waals surface area contributed by atoms with Crippen LogP contribution in [0.2, 0.25) is 0 Å². The van der Waals surface area contributed by atoms with Gasteiger partial charge in [-0.3, -0.25) is 0 Å². The van der Waals surface area contributed by atoms with Gasteiger partial charge in [-0.1, -0.05) is 25.1 Å². The van der Waals surface area contributed by atoms with Crippen molar-refractivity contribution in [3.8, 4) is 17.6 Å². The summed E-state index contributed by atoms with van der Waals surface area (Å²) in [5.41, 5.74) is 0. The highest BCUT2D eigenvalue weighted by molar-refractivity contribution is 5.20. The number of hydrogen-bond acceptors (Lipinski definition) is 2. The van der Waals surface area contributed by atoms with Gasteiger partial charge in [0.05, 0.1) is 6.61 Å². The average molecular weight is 245 g/mol. The molecule has 1 rings (SSSR count). The first kappa shape index (κ1) is 14.6. The first-order valence-corrected chi connectivity index (χ1v) is 6.67. The smallest absolute Gasteiger partial charge is 0.119 e. The van der Waals surface area contributed by atoms with Gasteiger partial charge in [0, 0.05) is 12.5 Å². The Hall–Kier alpha value is -1.46. The van der Waals surface area contributed by atoms with E-state index in [2.05, 4.69) is 24.1 Å². The molecule has 2 nitrogen and oxygen atoms in total. The van der Waals surface area contributed by atoms with Crippen LogP contribution >= 0.6 is 0 Å². The summed E-state index contributed by atoms with van der Waals surface area (Å²) in [6.45, 7) is 5.77. The van der Waals surface area contributed by atoms with E-state index in [0.717, 1.165) is 38.2 Å². The van der Waals surface area contributed by atoms with Crippen molar-refractivity contribution in [2.45, 2.75) is 39.2 Å². The van der Waals surface area contributed by atoms with E-state index in [1.807, 2.05) is 37.3 Å². The molecule has 18 heavy (non-hydrogen) atoms. The molecule has 0 amide bonds. The highest BCUT2D eigenvalue weighted by Gasteiger charge is 2.06. The third-order valence-electron chi connectivity index (χ3n) is 2.77. The molecule has 1 aromatic carbocycles. The minimum atomic E-state index is 0.500. The summed E-state index contributed by atoms with van der Waals surface area (Å²) in [7, 11) is 0. The van der Waals surface area contributed by atoms with Crippen LogP contribution in [0.4, 0.5) is 0 Å². The van der Waals surface area contributed by atoms with Crippen LogP contribution in [0, 0.1) is 11.8 Å². The van der Waals surface area contributed by atoms with Crippen molar-refractivity contribution < 1.29 is 4.74 Å². The molecule has 0 heterocycles. The van der Waals surface area contributed by atoms with E-state index in [4.69, 9.17) is 4.74 Å². The van der Waals surface area contributed by atoms with Gasteiger partial charge in [0.15, 0.2) is 0 Å². The van der Waals surface area contributed by atoms with E-state index < -0.39 is 0 Å². The molecule has 0 saturated heterocycles. The lowest BCUT2D eigenvalue weighted by Crippen LogP contribution is -2.30. The maximum Gasteiger partial charge on any atom is 0.119 e. The third-order valence-corrected chi connectivity index (χ3v) is 2.77. The number of benzene rings is 1. The summed E-state index contributed by atoms with van der Waals surface area (Å²) in [6, 6.07) is 10.5. The number of rotatable bonds is 8. The maximum atomic E-state index is 5.71. The van der Waals surface area contributed by atoms with Crippen LogP contribution in [-0.2, 0) is 0 Å². The van der Waals surface area contributed by atoms with E-state index in [0.29, 0.717) is 6.04 Å². The minimum Gasteiger partial charge on any atom is -0.494 e. The van der Waals surface area contributed by atoms with Crippen LogP contribution in [-0.4, -0.2) is 19.2 Å². The normalized spacial score (nSPS) is 11.4. The third kappa shape index (κ3) is 6.32. The van der Waals surface area contributed by atoms with Crippen molar-refractivity contribution in [2.24, 2.45) is 0 Å². The molecule has 1 unspecified atom stereocenters. The Labute approximate surface area is 111 Å². The Morgan fingerprint density at radius 2 is 2.00 bits per heavy atom. The first-order valence-electron chi connectivity index (χ1n) is 6.67. The van der Waals surface area contributed by atoms with Crippen LogP contribution in [0.25, 0.3) is 0 Å². The van der Waals surface area contributed by atoms with Gasteiger partial charge in [-0.2, -0.15) is 0 Å². The van der Waals surface area contributed by atoms with E-state index in [1.165, 1.54) is 0 Å². The van der Waals surface area contributed by atoms with Crippen molar-refractivity contribution in [2.75, 3.05) is 13.2 Å². The van der Waals surface area contributed by atoms with Gasteiger partial charge in [-0.15, -0.1) is 11.8 Å². The van der Waals surface area contributed by atoms with Gasteiger partial charge in [0.25, 0.3) is 0 Å². The van der Waals surface area contributed by atoms with Crippen LogP contribution < -0.4 is 10.1 Å². The van der Waals surface area contributed by atoms with Crippen molar-refractivity contribution in [1.82, 2.24) is 5.32 Å². The molecule has 1 atom stereocenters. The number of nitrogens with one attached hydrogen (secondary N) is 1. The van der Waals surface area contributed by atoms with Crippen molar-refractivity contribution in [1.29, 1.82) is 0 Å². The lowest BCUT2D eigenvalue weighted by atomic mass is 10.1. The molecule has 0 saturated carbocycles. The highest BCUT2D eigenvalue weighted by Crippen LogP contribution is 2.10. The van der Waals surface area contributed by atoms with Gasteiger partial charge < -0.3 is 10.1 Å². The summed E-state index contributed by atoms with van der Waals surface area (Å²) in [6.07, 6.45) is 3.07. The Balaban J connectivity index is 2.25. The molecule has 1 aromatic rings. The molecule has 2 heteroatoms. The quantitative estimate of drug-likeness (QED) is 0.710. The fraction of sp³-hybridized carbons (Fsp3) is 0.500. The average Bonchev–Trinajstić information content (AvgIpc) is 2.40. The largest absolute Gasteiger partial charge is 0.494 e. The zero-order chi connectivity index (χ0) is 13.1. The molecule has 0 aliphatic heterocycles. The predicted octanol–water partition coefficient (Wildman–Crippen LogP) is 3.24. The molecule has 0 radical (unpaired) electrons. The van der Waals surface area contributed by atoms with Crippen molar-refractivity contribution in [3.63, 3.8) is 0 Å². The van der Waals surface area contributed by atoms with Crippen molar-refractivity contribution >= 4 is 0 Å². The van der Waals surface area contributed by atoms with Gasteiger partial charge >= 0.3 is 0 Å². The molecule has 0 fully saturated rings. The molecule has 0 aliphatic rings. The van der Waals surface area contributed by atoms with Gasteiger partial charge in [-0.05, 0) is 38.4 Å². The Kier molecular flexibility index (Phi) is 7.75. The number of hydrogen-bond donors (Lipinski definition) is 1. The molecule has 0 aliphatic carbocycles. The summed E-state index contributed by atoms with van der Waals surface area (Å²) < 4.78 is 5.71. The first-order chi connectivity index (χ1) is 8.86. The van der Waals surface area contributed by atoms with Crippen molar-refractivity contribution in [3.05, 3.63) is 30.3 Å². The predicted molar refractivity (Wildman–Crippen MR) is 76.7 cm³/mol. The SMILES string of the molecule is CC#CCCC(CCOc1ccccc1)NCC. The zero-order valence-corrected chi connectivity index (χ0v) is 11.4. The zero-order valence-electron chi connectivity index (χ0n) is 11.4. The van der Waals surface area contributed by atoms with Crippen LogP contribution in [0.3, 0.4) is 0 Å². The summed E-state index contributed by atoms with van der Waals surface area (Å²) in [5, 5.41) is 3.48. The molecule has 98 valence electrons. The van der Waals surface area contributed by atoms with Crippen LogP contribution in [0.5, 0.6) is 5.75 Å². The number of ether oxygens (including phenoxy) is 1. The summed E-state index contributed by atoms with van der Waals surface area (Å²) in [5.74, 6) is 7.00. The second kappa shape index (κ2) is 9.56. The second-order valence-electron chi connectivity index (χ2n) is 4.17. The topological polar surface area (TPSA) is 21.3 Å². The maximum absolute atomic E-state index is 5.71. The molecule has 0 bridgehead atoms. The summed E-state index contributed by atoms with van der Waals surface area (Å²) >= 11 is 0. The molecule has 0 aromatic heterocycles. The monoisotopic (exact) mass is 245 g/mol. The Morgan fingerprint density at radius 1 is 1.22 bits per heavy atom. The fourth-order valence-corrected chi connectivity index (χ4v) is 1.84. The molecular formula is C16H23NO. The van der Waals surface area contributed by atoms with E-state index >= 15 is 0 Å². The van der Waals surface area contributed by atoms with Gasteiger partial charge in [0.2, 0.25) is 0 Å². The summed E-state index contributed by atoms with van der Waals surface area (Å²) in [4.78, 5) is 0. The van der Waals surface area contributed by atoms with E-state index in [1.54, 1.807) is 0 Å². The Bertz CT molecular complexity index is 364. The van der Waals surface area contributed by atoms with E-state index in [9.17, 15) is 0 Å². The van der Waals surface area contributed by atoms with Gasteiger partial charge in [0.1, 0.15) is 5.75 Å². The second-order valence-corrected chi connectivity index (χ2v) is 4.17. The molecular weight excluding hydrogens is 222 g/mol. The van der Waals surface area contributed by atoms with Crippen LogP contribution in [0.1, 0.15) is 33.1 Å². The van der Waals surface area contributed by atoms with Crippen LogP contribution in [0.15, 0.2) is 30.3 Å². The highest BCUT2D eigenvalue weighted by atomic mass is 16.5. The Morgan fingerprint density at radius 3 is 2.67 bits per heavy atom. The van der Waals surface area contributed by atoms with Gasteiger partial charge in [-0.25, -0.2) is 0 Å². The van der Waals surface area contributed by atoms with E-state index in [-0.39, 0.29) is 0 Å². The standard InChI is InChI=1S/C16H23NO/c1-3-5-7-10-15(17-4-2)13-14-18-16-11-8-6-9-12-16/h6,8-9,11-12,15,17H,4,7,10,13-14H2,1-2H3. The lowest BCUT2D eigenvalue weighted by Gasteiger charge is -2.17. The molecule has 0 spiro atoms. The molecule has 1 N–H and O–H groups in total. The fourth-order valence-electron chi connectivity index (χ4n) is 1.84. The minimum absolute atomic E-state index is 0.500. The lowest BCUT2D eigenvalue weighted by molar-refractivity contribution is 0.282.